The van der Waals surface area contributed by atoms with Crippen molar-refractivity contribution in [1.82, 2.24) is 0 Å². The number of aliphatic hydroxyl groups excluding tert-OH is 2. The molecule has 5 rings (SSSR count). The fourth-order valence-electron chi connectivity index (χ4n) is 8.30. The normalized spacial score (nSPS) is 43.2. The van der Waals surface area contributed by atoms with Crippen molar-refractivity contribution in [2.75, 3.05) is 6.61 Å². The minimum Gasteiger partial charge on any atom is -0.446 e. The van der Waals surface area contributed by atoms with E-state index in [1.54, 1.807) is 42.5 Å². The maximum Gasteiger partial charge on any atom is 0.339 e. The zero-order chi connectivity index (χ0) is 26.1. The van der Waals surface area contributed by atoms with Crippen LogP contribution in [0.5, 0.6) is 0 Å². The molecule has 1 aromatic rings. The van der Waals surface area contributed by atoms with Gasteiger partial charge < -0.3 is 14.9 Å². The van der Waals surface area contributed by atoms with E-state index in [0.717, 1.165) is 12.0 Å². The zero-order valence-corrected chi connectivity index (χ0v) is 22.5. The Labute approximate surface area is 219 Å². The number of halogens is 1. The summed E-state index contributed by atoms with van der Waals surface area (Å²) in [5.74, 6) is -1.62. The number of carbonyl (C=O) groups excluding carboxylic acids is 3. The number of rotatable bonds is 4. The summed E-state index contributed by atoms with van der Waals surface area (Å²) in [5, 5.41) is 21.9. The lowest BCUT2D eigenvalue weighted by Gasteiger charge is -2.64. The molecule has 6 nitrogen and oxygen atoms in total. The number of benzene rings is 1. The summed E-state index contributed by atoms with van der Waals surface area (Å²) >= 11 is 4.02. The number of ketones is 2. The molecule has 4 aliphatic rings. The average Bonchev–Trinajstić information content (AvgIpc) is 3.07. The molecule has 7 heteroatoms. The van der Waals surface area contributed by atoms with Gasteiger partial charge in [0.2, 0.25) is 5.78 Å². The van der Waals surface area contributed by atoms with E-state index in [9.17, 15) is 24.6 Å². The highest BCUT2D eigenvalue weighted by molar-refractivity contribution is 9.10. The first-order chi connectivity index (χ1) is 17.0. The smallest absolute Gasteiger partial charge is 0.339 e. The lowest BCUT2D eigenvalue weighted by atomic mass is 9.46. The number of ether oxygens (including phenoxy) is 1. The van der Waals surface area contributed by atoms with E-state index in [1.165, 1.54) is 0 Å². The van der Waals surface area contributed by atoms with Crippen molar-refractivity contribution in [3.8, 4) is 0 Å². The largest absolute Gasteiger partial charge is 0.446 e. The van der Waals surface area contributed by atoms with Gasteiger partial charge in [-0.05, 0) is 61.8 Å². The molecule has 0 bridgehead atoms. The monoisotopic (exact) mass is 556 g/mol. The molecule has 36 heavy (non-hydrogen) atoms. The van der Waals surface area contributed by atoms with Crippen molar-refractivity contribution in [3.05, 3.63) is 59.7 Å². The summed E-state index contributed by atoms with van der Waals surface area (Å²) in [7, 11) is 0. The van der Waals surface area contributed by atoms with Gasteiger partial charge in [0, 0.05) is 16.7 Å². The second-order valence-corrected chi connectivity index (χ2v) is 12.8. The fourth-order valence-corrected chi connectivity index (χ4v) is 9.39. The van der Waals surface area contributed by atoms with Crippen LogP contribution in [0.2, 0.25) is 0 Å². The standard InChI is InChI=1S/C29H33BrO6/c1-17-13-22-21-10-9-19-14-20(32)11-12-26(19,2)28(21,30)23(33)15-27(22,3)29(17,24(34)16-31)36-25(35)18-7-5-4-6-8-18/h4-8,11-12,14,17,21-23,31,33H,9-10,13,15-16H2,1-3H3/t17-,21-,22-,23-,26-,27-,28-,29+/m0/s1. The first-order valence-corrected chi connectivity index (χ1v) is 13.5. The predicted molar refractivity (Wildman–Crippen MR) is 137 cm³/mol. The summed E-state index contributed by atoms with van der Waals surface area (Å²) < 4.78 is 5.44. The first-order valence-electron chi connectivity index (χ1n) is 12.7. The van der Waals surface area contributed by atoms with Crippen LogP contribution < -0.4 is 0 Å². The Balaban J connectivity index is 1.61. The van der Waals surface area contributed by atoms with E-state index < -0.39 is 45.2 Å². The van der Waals surface area contributed by atoms with Gasteiger partial charge >= 0.3 is 5.97 Å². The number of hydrogen-bond acceptors (Lipinski definition) is 6. The van der Waals surface area contributed by atoms with Gasteiger partial charge in [-0.1, -0.05) is 66.5 Å². The van der Waals surface area contributed by atoms with Gasteiger partial charge in [-0.15, -0.1) is 0 Å². The molecule has 0 saturated heterocycles. The lowest BCUT2D eigenvalue weighted by molar-refractivity contribution is -0.179. The summed E-state index contributed by atoms with van der Waals surface area (Å²) in [5.41, 5.74) is -1.68. The molecule has 0 aliphatic heterocycles. The molecule has 192 valence electrons. The maximum absolute atomic E-state index is 13.6. The number of allylic oxidation sites excluding steroid dienone is 4. The Hall–Kier alpha value is -2.09. The molecule has 3 saturated carbocycles. The summed E-state index contributed by atoms with van der Waals surface area (Å²) in [4.78, 5) is 39.0. The Morgan fingerprint density at radius 1 is 1.17 bits per heavy atom. The zero-order valence-electron chi connectivity index (χ0n) is 20.9. The molecule has 3 fully saturated rings. The van der Waals surface area contributed by atoms with Gasteiger partial charge in [0.05, 0.1) is 16.0 Å². The van der Waals surface area contributed by atoms with Gasteiger partial charge in [0.1, 0.15) is 6.61 Å². The van der Waals surface area contributed by atoms with Crippen molar-refractivity contribution < 1.29 is 29.3 Å². The van der Waals surface area contributed by atoms with E-state index >= 15 is 0 Å². The summed E-state index contributed by atoms with van der Waals surface area (Å²) in [6, 6.07) is 8.56. The Morgan fingerprint density at radius 2 is 1.86 bits per heavy atom. The van der Waals surface area contributed by atoms with E-state index in [0.29, 0.717) is 18.4 Å². The molecule has 0 spiro atoms. The van der Waals surface area contributed by atoms with Gasteiger partial charge in [-0.25, -0.2) is 4.79 Å². The highest BCUT2D eigenvalue weighted by Crippen LogP contribution is 2.72. The number of Topliss-reactive ketones (excluding diaryl/α,β-unsaturated/α-hetero) is 1. The molecular weight excluding hydrogens is 524 g/mol. The molecule has 0 aromatic heterocycles. The molecule has 0 radical (unpaired) electrons. The van der Waals surface area contributed by atoms with Gasteiger partial charge in [0.25, 0.3) is 0 Å². The number of alkyl halides is 1. The third kappa shape index (κ3) is 3.12. The topological polar surface area (TPSA) is 101 Å². The fraction of sp³-hybridized carbons (Fsp3) is 0.552. The Morgan fingerprint density at radius 3 is 2.53 bits per heavy atom. The van der Waals surface area contributed by atoms with Crippen molar-refractivity contribution >= 4 is 33.5 Å². The quantitative estimate of drug-likeness (QED) is 0.426. The average molecular weight is 557 g/mol. The van der Waals surface area contributed by atoms with Crippen LogP contribution in [-0.4, -0.2) is 50.4 Å². The van der Waals surface area contributed by atoms with Crippen molar-refractivity contribution in [2.24, 2.45) is 28.6 Å². The maximum atomic E-state index is 13.6. The number of fused-ring (bicyclic) bond motifs is 5. The van der Waals surface area contributed by atoms with Crippen LogP contribution >= 0.6 is 15.9 Å². The van der Waals surface area contributed by atoms with E-state index in [-0.39, 0.29) is 30.0 Å². The van der Waals surface area contributed by atoms with Crippen LogP contribution in [-0.2, 0) is 14.3 Å². The van der Waals surface area contributed by atoms with Crippen LogP contribution in [0.25, 0.3) is 0 Å². The molecular formula is C29H33BrO6. The van der Waals surface area contributed by atoms with Gasteiger partial charge in [-0.3, -0.25) is 9.59 Å². The van der Waals surface area contributed by atoms with Crippen LogP contribution in [0.15, 0.2) is 54.1 Å². The second-order valence-electron chi connectivity index (χ2n) is 11.5. The minimum absolute atomic E-state index is 0.0398. The molecule has 0 amide bonds. The first kappa shape index (κ1) is 25.6. The van der Waals surface area contributed by atoms with Crippen LogP contribution in [0.3, 0.4) is 0 Å². The minimum atomic E-state index is -1.57. The summed E-state index contributed by atoms with van der Waals surface area (Å²) in [6.07, 6.45) is 6.57. The highest BCUT2D eigenvalue weighted by Gasteiger charge is 2.76. The SMILES string of the molecule is C[C@H]1C[C@H]2[C@@H]3CCC4=CC(=O)C=C[C@]4(C)[C@@]3(Br)[C@@H](O)C[C@]2(C)[C@]1(OC(=O)c1ccccc1)C(=O)CO. The highest BCUT2D eigenvalue weighted by atomic mass is 79.9. The third-order valence-electron chi connectivity index (χ3n) is 10.0. The molecule has 0 heterocycles. The van der Waals surface area contributed by atoms with E-state index in [4.69, 9.17) is 4.74 Å². The van der Waals surface area contributed by atoms with Crippen molar-refractivity contribution in [1.29, 1.82) is 0 Å². The number of aliphatic hydroxyl groups is 2. The third-order valence-corrected chi connectivity index (χ3v) is 11.9. The van der Waals surface area contributed by atoms with Crippen LogP contribution in [0, 0.1) is 28.6 Å². The molecule has 8 atom stereocenters. The van der Waals surface area contributed by atoms with Crippen molar-refractivity contribution in [2.45, 2.75) is 62.5 Å². The summed E-state index contributed by atoms with van der Waals surface area (Å²) in [6.45, 7) is 5.17. The van der Waals surface area contributed by atoms with E-state index in [2.05, 4.69) is 22.9 Å². The molecule has 0 unspecified atom stereocenters. The Kier molecular flexibility index (Phi) is 6.01. The molecule has 1 aromatic carbocycles. The number of carbonyl (C=O) groups is 3. The molecule has 4 aliphatic carbocycles. The number of esters is 1. The predicted octanol–water partition coefficient (Wildman–Crippen LogP) is 4.19. The van der Waals surface area contributed by atoms with Gasteiger partial charge in [-0.2, -0.15) is 0 Å². The van der Waals surface area contributed by atoms with E-state index in [1.807, 2.05) is 19.9 Å². The Bertz CT molecular complexity index is 1180. The molecule has 2 N–H and O–H groups in total. The lowest BCUT2D eigenvalue weighted by Crippen LogP contribution is -2.69. The van der Waals surface area contributed by atoms with Crippen LogP contribution in [0.4, 0.5) is 0 Å². The number of hydrogen-bond donors (Lipinski definition) is 2. The van der Waals surface area contributed by atoms with Crippen molar-refractivity contribution in [3.63, 3.8) is 0 Å². The van der Waals surface area contributed by atoms with Crippen LogP contribution in [0.1, 0.15) is 56.8 Å². The van der Waals surface area contributed by atoms with Gasteiger partial charge in [0.15, 0.2) is 11.4 Å². The second kappa shape index (κ2) is 8.47.